The van der Waals surface area contributed by atoms with Crippen molar-refractivity contribution in [1.29, 1.82) is 0 Å². The summed E-state index contributed by atoms with van der Waals surface area (Å²) in [4.78, 5) is 10.5. The third-order valence-electron chi connectivity index (χ3n) is 2.26. The Bertz CT molecular complexity index is 319. The van der Waals surface area contributed by atoms with E-state index in [0.717, 1.165) is 12.0 Å². The van der Waals surface area contributed by atoms with Gasteiger partial charge in [-0.2, -0.15) is 5.10 Å². The van der Waals surface area contributed by atoms with E-state index < -0.39 is 5.97 Å². The summed E-state index contributed by atoms with van der Waals surface area (Å²) in [5.74, 6) is -0.658. The van der Waals surface area contributed by atoms with Gasteiger partial charge < -0.3 is 5.11 Å². The molecule has 0 amide bonds. The normalized spacial score (nSPS) is 27.1. The third-order valence-corrected chi connectivity index (χ3v) is 2.26. The molecule has 1 aliphatic rings. The molecule has 1 N–H and O–H groups in total. The van der Waals surface area contributed by atoms with Gasteiger partial charge in [0.25, 0.3) is 0 Å². The van der Waals surface area contributed by atoms with Crippen molar-refractivity contribution in [3.8, 4) is 0 Å². The van der Waals surface area contributed by atoms with E-state index in [2.05, 4.69) is 5.10 Å². The van der Waals surface area contributed by atoms with Crippen LogP contribution in [-0.2, 0) is 11.8 Å². The first-order valence-electron chi connectivity index (χ1n) is 3.90. The maximum absolute atomic E-state index is 10.5. The van der Waals surface area contributed by atoms with Crippen LogP contribution in [0.15, 0.2) is 12.4 Å². The van der Waals surface area contributed by atoms with E-state index in [1.54, 1.807) is 10.9 Å². The van der Waals surface area contributed by atoms with Crippen LogP contribution in [0.25, 0.3) is 0 Å². The smallest absolute Gasteiger partial charge is 0.307 e. The zero-order valence-corrected chi connectivity index (χ0v) is 6.77. The minimum atomic E-state index is -0.691. The van der Waals surface area contributed by atoms with Gasteiger partial charge in [-0.3, -0.25) is 9.48 Å². The Morgan fingerprint density at radius 3 is 3.00 bits per heavy atom. The van der Waals surface area contributed by atoms with Gasteiger partial charge in [0, 0.05) is 19.2 Å². The predicted molar refractivity (Wildman–Crippen MR) is 41.7 cm³/mol. The topological polar surface area (TPSA) is 55.1 Å². The van der Waals surface area contributed by atoms with Gasteiger partial charge in [-0.15, -0.1) is 0 Å². The molecule has 1 fully saturated rings. The highest BCUT2D eigenvalue weighted by molar-refractivity contribution is 5.75. The Kier molecular flexibility index (Phi) is 1.43. The van der Waals surface area contributed by atoms with Crippen LogP contribution >= 0.6 is 0 Å². The summed E-state index contributed by atoms with van der Waals surface area (Å²) in [5.41, 5.74) is 1.05. The first-order chi connectivity index (χ1) is 5.68. The minimum Gasteiger partial charge on any atom is -0.481 e. The predicted octanol–water partition coefficient (Wildman–Crippen LogP) is 0.608. The lowest BCUT2D eigenvalue weighted by molar-refractivity contribution is -0.138. The van der Waals surface area contributed by atoms with E-state index in [-0.39, 0.29) is 11.8 Å². The number of hydrogen-bond acceptors (Lipinski definition) is 2. The third kappa shape index (κ3) is 1.09. The van der Waals surface area contributed by atoms with Gasteiger partial charge in [-0.25, -0.2) is 0 Å². The number of aliphatic carboxylic acids is 1. The Morgan fingerprint density at radius 2 is 2.58 bits per heavy atom. The first kappa shape index (κ1) is 7.34. The monoisotopic (exact) mass is 166 g/mol. The number of carboxylic acids is 1. The van der Waals surface area contributed by atoms with Gasteiger partial charge >= 0.3 is 5.97 Å². The molecule has 0 aromatic carbocycles. The fraction of sp³-hybridized carbons (Fsp3) is 0.500. The van der Waals surface area contributed by atoms with Crippen molar-refractivity contribution in [3.63, 3.8) is 0 Å². The molecule has 64 valence electrons. The number of carbonyl (C=O) groups is 1. The average Bonchev–Trinajstić information content (AvgIpc) is 2.70. The van der Waals surface area contributed by atoms with Crippen molar-refractivity contribution in [2.45, 2.75) is 12.3 Å². The molecule has 1 heterocycles. The summed E-state index contributed by atoms with van der Waals surface area (Å²) in [6.45, 7) is 0. The van der Waals surface area contributed by atoms with E-state index in [0.29, 0.717) is 0 Å². The summed E-state index contributed by atoms with van der Waals surface area (Å²) in [6.07, 6.45) is 4.39. The summed E-state index contributed by atoms with van der Waals surface area (Å²) >= 11 is 0. The molecule has 1 aromatic rings. The summed E-state index contributed by atoms with van der Waals surface area (Å²) < 4.78 is 1.70. The molecule has 4 heteroatoms. The minimum absolute atomic E-state index is 0.172. The lowest BCUT2D eigenvalue weighted by atomic mass is 10.2. The van der Waals surface area contributed by atoms with Gasteiger partial charge in [-0.05, 0) is 12.0 Å². The Morgan fingerprint density at radius 1 is 1.83 bits per heavy atom. The summed E-state index contributed by atoms with van der Waals surface area (Å²) in [7, 11) is 1.83. The van der Waals surface area contributed by atoms with E-state index in [9.17, 15) is 4.79 Å². The summed E-state index contributed by atoms with van der Waals surface area (Å²) in [6, 6.07) is 0. The van der Waals surface area contributed by atoms with E-state index in [1.807, 2.05) is 13.2 Å². The lowest BCUT2D eigenvalue weighted by Crippen LogP contribution is -1.98. The largest absolute Gasteiger partial charge is 0.481 e. The van der Waals surface area contributed by atoms with Gasteiger partial charge in [0.05, 0.1) is 12.1 Å². The quantitative estimate of drug-likeness (QED) is 0.700. The maximum Gasteiger partial charge on any atom is 0.307 e. The highest BCUT2D eigenvalue weighted by Gasteiger charge is 2.44. The van der Waals surface area contributed by atoms with Crippen LogP contribution in [0.2, 0.25) is 0 Å². The number of hydrogen-bond donors (Lipinski definition) is 1. The van der Waals surface area contributed by atoms with Crippen molar-refractivity contribution in [2.75, 3.05) is 0 Å². The van der Waals surface area contributed by atoms with E-state index in [4.69, 9.17) is 5.11 Å². The van der Waals surface area contributed by atoms with Crippen molar-refractivity contribution in [3.05, 3.63) is 18.0 Å². The standard InChI is InChI=1S/C8H10N2O2/c1-10-4-5(3-9-10)6-2-7(6)8(11)12/h3-4,6-7H,2H2,1H3,(H,11,12)/t6?,7-/m0/s1. The van der Waals surface area contributed by atoms with Gasteiger partial charge in [0.2, 0.25) is 0 Å². The van der Waals surface area contributed by atoms with Crippen LogP contribution in [-0.4, -0.2) is 20.9 Å². The van der Waals surface area contributed by atoms with Gasteiger partial charge in [-0.1, -0.05) is 0 Å². The zero-order chi connectivity index (χ0) is 8.72. The molecule has 12 heavy (non-hydrogen) atoms. The second-order valence-corrected chi connectivity index (χ2v) is 3.23. The lowest BCUT2D eigenvalue weighted by Gasteiger charge is -1.89. The highest BCUT2D eigenvalue weighted by Crippen LogP contribution is 2.47. The summed E-state index contributed by atoms with van der Waals surface area (Å²) in [5, 5.41) is 12.7. The van der Waals surface area contributed by atoms with Crippen LogP contribution in [0, 0.1) is 5.92 Å². The maximum atomic E-state index is 10.5. The fourth-order valence-electron chi connectivity index (χ4n) is 1.47. The van der Waals surface area contributed by atoms with Crippen molar-refractivity contribution < 1.29 is 9.90 Å². The number of aryl methyl sites for hydroxylation is 1. The molecule has 2 atom stereocenters. The van der Waals surface area contributed by atoms with Crippen LogP contribution in [0.3, 0.4) is 0 Å². The van der Waals surface area contributed by atoms with Crippen LogP contribution in [0.4, 0.5) is 0 Å². The molecule has 1 aromatic heterocycles. The molecule has 1 unspecified atom stereocenters. The molecular formula is C8H10N2O2. The Balaban J connectivity index is 2.10. The van der Waals surface area contributed by atoms with Gasteiger partial charge in [0.15, 0.2) is 0 Å². The Hall–Kier alpha value is -1.32. The van der Waals surface area contributed by atoms with E-state index >= 15 is 0 Å². The molecule has 4 nitrogen and oxygen atoms in total. The fourth-order valence-corrected chi connectivity index (χ4v) is 1.47. The van der Waals surface area contributed by atoms with Crippen molar-refractivity contribution >= 4 is 5.97 Å². The Labute approximate surface area is 69.8 Å². The van der Waals surface area contributed by atoms with Gasteiger partial charge in [0.1, 0.15) is 0 Å². The molecule has 0 saturated heterocycles. The molecule has 1 aliphatic carbocycles. The molecular weight excluding hydrogens is 156 g/mol. The molecule has 1 saturated carbocycles. The molecule has 0 bridgehead atoms. The van der Waals surface area contributed by atoms with Crippen LogP contribution < -0.4 is 0 Å². The average molecular weight is 166 g/mol. The molecule has 0 aliphatic heterocycles. The SMILES string of the molecule is Cn1cc(C2C[C@@H]2C(=O)O)cn1. The first-order valence-corrected chi connectivity index (χ1v) is 3.90. The number of nitrogens with zero attached hydrogens (tertiary/aromatic N) is 2. The number of aromatic nitrogens is 2. The molecule has 2 rings (SSSR count). The zero-order valence-electron chi connectivity index (χ0n) is 6.77. The van der Waals surface area contributed by atoms with Crippen molar-refractivity contribution in [2.24, 2.45) is 13.0 Å². The van der Waals surface area contributed by atoms with Crippen LogP contribution in [0.1, 0.15) is 17.9 Å². The number of rotatable bonds is 2. The molecule has 0 spiro atoms. The van der Waals surface area contributed by atoms with Crippen molar-refractivity contribution in [1.82, 2.24) is 9.78 Å². The second kappa shape index (κ2) is 2.33. The van der Waals surface area contributed by atoms with Crippen LogP contribution in [0.5, 0.6) is 0 Å². The second-order valence-electron chi connectivity index (χ2n) is 3.23. The van der Waals surface area contributed by atoms with E-state index in [1.165, 1.54) is 0 Å². The number of carboxylic acid groups (broad SMARTS) is 1. The molecule has 0 radical (unpaired) electrons. The highest BCUT2D eigenvalue weighted by atomic mass is 16.4.